The maximum atomic E-state index is 13.2. The quantitative estimate of drug-likeness (QED) is 0.665. The summed E-state index contributed by atoms with van der Waals surface area (Å²) in [6.07, 6.45) is 1.34. The molecule has 1 amide bonds. The molecule has 0 unspecified atom stereocenters. The van der Waals surface area contributed by atoms with Crippen molar-refractivity contribution < 1.29 is 22.3 Å². The molecule has 2 heterocycles. The Kier molecular flexibility index (Phi) is 6.90. The number of hydrogen-bond acceptors (Lipinski definition) is 5. The standard InChI is InChI=1S/C24H30FN3O4S/c1-18-16-22(9-10-23(18)32-2)33(30,31)28-11-3-4-19(17-28)24(29)27-14-12-26(13-15-27)21-7-5-20(25)6-8-21/h5-10,16,19H,3-4,11-15,17H2,1-2H3/t19-/m1/s1. The number of rotatable bonds is 5. The second kappa shape index (κ2) is 9.69. The topological polar surface area (TPSA) is 70.2 Å². The van der Waals surface area contributed by atoms with Crippen molar-refractivity contribution in [1.82, 2.24) is 9.21 Å². The first-order chi connectivity index (χ1) is 15.8. The smallest absolute Gasteiger partial charge is 0.243 e. The molecular formula is C24H30FN3O4S. The van der Waals surface area contributed by atoms with Gasteiger partial charge in [0.15, 0.2) is 0 Å². The number of hydrogen-bond donors (Lipinski definition) is 0. The van der Waals surface area contributed by atoms with E-state index in [0.29, 0.717) is 51.3 Å². The lowest BCUT2D eigenvalue weighted by molar-refractivity contribution is -0.137. The second-order valence-corrected chi connectivity index (χ2v) is 10.6. The van der Waals surface area contributed by atoms with E-state index in [9.17, 15) is 17.6 Å². The van der Waals surface area contributed by atoms with Crippen molar-refractivity contribution in [3.05, 3.63) is 53.8 Å². The van der Waals surface area contributed by atoms with E-state index >= 15 is 0 Å². The van der Waals surface area contributed by atoms with Crippen molar-refractivity contribution >= 4 is 21.6 Å². The molecule has 0 aliphatic carbocycles. The molecular weight excluding hydrogens is 445 g/mol. The number of carbonyl (C=O) groups is 1. The van der Waals surface area contributed by atoms with Crippen LogP contribution >= 0.6 is 0 Å². The summed E-state index contributed by atoms with van der Waals surface area (Å²) in [6, 6.07) is 11.2. The van der Waals surface area contributed by atoms with Gasteiger partial charge in [-0.15, -0.1) is 0 Å². The summed E-state index contributed by atoms with van der Waals surface area (Å²) < 4.78 is 46.3. The van der Waals surface area contributed by atoms with Crippen LogP contribution in [0.3, 0.4) is 0 Å². The summed E-state index contributed by atoms with van der Waals surface area (Å²) in [5, 5.41) is 0. The van der Waals surface area contributed by atoms with Crippen LogP contribution in [-0.2, 0) is 14.8 Å². The zero-order valence-electron chi connectivity index (χ0n) is 19.0. The Labute approximate surface area is 194 Å². The number of amides is 1. The van der Waals surface area contributed by atoms with Crippen molar-refractivity contribution in [1.29, 1.82) is 0 Å². The third-order valence-electron chi connectivity index (χ3n) is 6.52. The lowest BCUT2D eigenvalue weighted by atomic mass is 9.97. The predicted molar refractivity (Wildman–Crippen MR) is 124 cm³/mol. The first-order valence-corrected chi connectivity index (χ1v) is 12.7. The fourth-order valence-electron chi connectivity index (χ4n) is 4.62. The predicted octanol–water partition coefficient (Wildman–Crippen LogP) is 2.89. The number of methoxy groups -OCH3 is 1. The van der Waals surface area contributed by atoms with Crippen LogP contribution in [0.1, 0.15) is 18.4 Å². The van der Waals surface area contributed by atoms with Crippen molar-refractivity contribution in [3.63, 3.8) is 0 Å². The molecule has 178 valence electrons. The number of piperidine rings is 1. The van der Waals surface area contributed by atoms with Gasteiger partial charge >= 0.3 is 0 Å². The zero-order valence-corrected chi connectivity index (χ0v) is 19.9. The summed E-state index contributed by atoms with van der Waals surface area (Å²) >= 11 is 0. The number of aryl methyl sites for hydroxylation is 1. The van der Waals surface area contributed by atoms with Gasteiger partial charge in [-0.25, -0.2) is 12.8 Å². The molecule has 2 aromatic carbocycles. The number of piperazine rings is 1. The highest BCUT2D eigenvalue weighted by atomic mass is 32.2. The van der Waals surface area contributed by atoms with Crippen LogP contribution in [-0.4, -0.2) is 69.9 Å². The lowest BCUT2D eigenvalue weighted by Gasteiger charge is -2.39. The van der Waals surface area contributed by atoms with E-state index in [0.717, 1.165) is 11.3 Å². The third-order valence-corrected chi connectivity index (χ3v) is 8.38. The van der Waals surface area contributed by atoms with E-state index in [1.54, 1.807) is 37.4 Å². The van der Waals surface area contributed by atoms with Gasteiger partial charge < -0.3 is 14.5 Å². The van der Waals surface area contributed by atoms with E-state index in [1.165, 1.54) is 16.4 Å². The number of anilines is 1. The van der Waals surface area contributed by atoms with Gasteiger partial charge in [0.2, 0.25) is 15.9 Å². The maximum absolute atomic E-state index is 13.2. The molecule has 0 bridgehead atoms. The van der Waals surface area contributed by atoms with Crippen molar-refractivity contribution in [2.45, 2.75) is 24.7 Å². The number of carbonyl (C=O) groups excluding carboxylic acids is 1. The van der Waals surface area contributed by atoms with E-state index in [-0.39, 0.29) is 29.1 Å². The molecule has 9 heteroatoms. The summed E-state index contributed by atoms with van der Waals surface area (Å²) in [7, 11) is -2.13. The average molecular weight is 476 g/mol. The average Bonchev–Trinajstić information content (AvgIpc) is 2.84. The van der Waals surface area contributed by atoms with Crippen LogP contribution in [0.25, 0.3) is 0 Å². The second-order valence-electron chi connectivity index (χ2n) is 8.62. The minimum atomic E-state index is -3.69. The highest BCUT2D eigenvalue weighted by molar-refractivity contribution is 7.89. The van der Waals surface area contributed by atoms with Gasteiger partial charge in [0.1, 0.15) is 11.6 Å². The van der Waals surface area contributed by atoms with Gasteiger partial charge in [-0.3, -0.25) is 4.79 Å². The van der Waals surface area contributed by atoms with Gasteiger partial charge in [-0.1, -0.05) is 0 Å². The SMILES string of the molecule is COc1ccc(S(=O)(=O)N2CCC[C@@H](C(=O)N3CCN(c4ccc(F)cc4)CC3)C2)cc1C. The summed E-state index contributed by atoms with van der Waals surface area (Å²) in [5.41, 5.74) is 1.69. The van der Waals surface area contributed by atoms with E-state index in [4.69, 9.17) is 4.74 Å². The van der Waals surface area contributed by atoms with Gasteiger partial charge in [0.05, 0.1) is 17.9 Å². The van der Waals surface area contributed by atoms with Gasteiger partial charge in [-0.2, -0.15) is 4.31 Å². The van der Waals surface area contributed by atoms with E-state index in [2.05, 4.69) is 4.90 Å². The molecule has 0 aromatic heterocycles. The Morgan fingerprint density at radius 1 is 1.03 bits per heavy atom. The Balaban J connectivity index is 1.39. The molecule has 33 heavy (non-hydrogen) atoms. The van der Waals surface area contributed by atoms with Crippen LogP contribution in [0.5, 0.6) is 5.75 Å². The molecule has 2 saturated heterocycles. The maximum Gasteiger partial charge on any atom is 0.243 e. The van der Waals surface area contributed by atoms with Crippen LogP contribution in [0, 0.1) is 18.7 Å². The molecule has 2 aliphatic rings. The molecule has 0 spiro atoms. The number of halogens is 1. The molecule has 1 atom stereocenters. The van der Waals surface area contributed by atoms with Crippen LogP contribution < -0.4 is 9.64 Å². The van der Waals surface area contributed by atoms with E-state index in [1.807, 2.05) is 11.8 Å². The van der Waals surface area contributed by atoms with Gasteiger partial charge in [0.25, 0.3) is 0 Å². The highest BCUT2D eigenvalue weighted by Crippen LogP contribution is 2.28. The first kappa shape index (κ1) is 23.5. The van der Waals surface area contributed by atoms with Gasteiger partial charge in [0, 0.05) is 45.0 Å². The first-order valence-electron chi connectivity index (χ1n) is 11.2. The summed E-state index contributed by atoms with van der Waals surface area (Å²) in [4.78, 5) is 17.4. The molecule has 7 nitrogen and oxygen atoms in total. The van der Waals surface area contributed by atoms with Crippen molar-refractivity contribution in [2.75, 3.05) is 51.3 Å². The minimum Gasteiger partial charge on any atom is -0.496 e. The number of benzene rings is 2. The molecule has 2 aliphatic heterocycles. The molecule has 2 fully saturated rings. The molecule has 0 N–H and O–H groups in total. The van der Waals surface area contributed by atoms with Crippen LogP contribution in [0.15, 0.2) is 47.4 Å². The Morgan fingerprint density at radius 3 is 2.36 bits per heavy atom. The molecule has 4 rings (SSSR count). The zero-order chi connectivity index (χ0) is 23.6. The lowest BCUT2D eigenvalue weighted by Crippen LogP contribution is -2.53. The summed E-state index contributed by atoms with van der Waals surface area (Å²) in [5.74, 6) is 0.0411. The Bertz CT molecular complexity index is 1100. The van der Waals surface area contributed by atoms with E-state index < -0.39 is 10.0 Å². The number of nitrogens with zero attached hydrogens (tertiary/aromatic N) is 3. The largest absolute Gasteiger partial charge is 0.496 e. The third kappa shape index (κ3) is 4.99. The minimum absolute atomic E-state index is 0.0135. The monoisotopic (exact) mass is 475 g/mol. The van der Waals surface area contributed by atoms with Crippen molar-refractivity contribution in [2.24, 2.45) is 5.92 Å². The summed E-state index contributed by atoms with van der Waals surface area (Å²) in [6.45, 7) is 4.88. The van der Waals surface area contributed by atoms with Crippen LogP contribution in [0.2, 0.25) is 0 Å². The fraction of sp³-hybridized carbons (Fsp3) is 0.458. The molecule has 0 saturated carbocycles. The van der Waals surface area contributed by atoms with Crippen LogP contribution in [0.4, 0.5) is 10.1 Å². The molecule has 2 aromatic rings. The van der Waals surface area contributed by atoms with Crippen molar-refractivity contribution in [3.8, 4) is 5.75 Å². The van der Waals surface area contributed by atoms with Gasteiger partial charge in [-0.05, 0) is 67.8 Å². The number of sulfonamides is 1. The highest BCUT2D eigenvalue weighted by Gasteiger charge is 2.36. The Hall–Kier alpha value is -2.65. The molecule has 0 radical (unpaired) electrons. The fourth-order valence-corrected chi connectivity index (χ4v) is 6.23. The normalized spacial score (nSPS) is 20.0. The Morgan fingerprint density at radius 2 is 1.73 bits per heavy atom. The number of ether oxygens (including phenoxy) is 1.